The third-order valence-electron chi connectivity index (χ3n) is 3.43. The lowest BCUT2D eigenvalue weighted by molar-refractivity contribution is 0.374. The van der Waals surface area contributed by atoms with Gasteiger partial charge < -0.3 is 4.57 Å². The van der Waals surface area contributed by atoms with Gasteiger partial charge in [0.1, 0.15) is 5.69 Å². The van der Waals surface area contributed by atoms with E-state index in [1.807, 2.05) is 15.8 Å². The molecule has 0 amide bonds. The van der Waals surface area contributed by atoms with Gasteiger partial charge in [-0.2, -0.15) is 0 Å². The second-order valence-electron chi connectivity index (χ2n) is 7.20. The Hall–Kier alpha value is -1.29. The average Bonchev–Trinajstić information content (AvgIpc) is 2.25. The Bertz CT molecular complexity index is 532. The van der Waals surface area contributed by atoms with E-state index in [2.05, 4.69) is 53.0 Å². The summed E-state index contributed by atoms with van der Waals surface area (Å²) in [4.78, 5) is 12.8. The van der Waals surface area contributed by atoms with Crippen molar-refractivity contribution in [1.29, 1.82) is 0 Å². The van der Waals surface area contributed by atoms with Gasteiger partial charge in [0.05, 0.1) is 0 Å². The highest BCUT2D eigenvalue weighted by Crippen LogP contribution is 2.26. The van der Waals surface area contributed by atoms with Gasteiger partial charge in [0.2, 0.25) is 0 Å². The number of fused-ring (bicyclic) bond motifs is 1. The minimum atomic E-state index is -0.201. The minimum absolute atomic E-state index is 0.0899. The lowest BCUT2D eigenvalue weighted by atomic mass is 10.0. The van der Waals surface area contributed by atoms with E-state index in [0.29, 0.717) is 0 Å². The Morgan fingerprint density at radius 1 is 1.11 bits per heavy atom. The number of hydrogen-bond donors (Lipinski definition) is 1. The SMILES string of the molecule is CC(C)(C)N1NCCc2ccn(C(C)(C)C)c(=O)c21. The molecule has 4 nitrogen and oxygen atoms in total. The zero-order valence-electron chi connectivity index (χ0n) is 12.9. The van der Waals surface area contributed by atoms with Gasteiger partial charge >= 0.3 is 0 Å². The van der Waals surface area contributed by atoms with Gasteiger partial charge in [-0.3, -0.25) is 9.80 Å². The fraction of sp³-hybridized carbons (Fsp3) is 0.667. The van der Waals surface area contributed by atoms with E-state index in [9.17, 15) is 4.79 Å². The largest absolute Gasteiger partial charge is 0.308 e. The number of hydrazine groups is 1. The van der Waals surface area contributed by atoms with Crippen LogP contribution in [0.1, 0.15) is 47.1 Å². The molecule has 0 aromatic carbocycles. The van der Waals surface area contributed by atoms with Crippen LogP contribution in [0.3, 0.4) is 0 Å². The van der Waals surface area contributed by atoms with E-state index in [0.717, 1.165) is 24.2 Å². The second-order valence-corrected chi connectivity index (χ2v) is 7.20. The first-order chi connectivity index (χ1) is 8.62. The first-order valence-electron chi connectivity index (χ1n) is 6.91. The lowest BCUT2D eigenvalue weighted by Gasteiger charge is -2.41. The van der Waals surface area contributed by atoms with Crippen molar-refractivity contribution in [3.63, 3.8) is 0 Å². The summed E-state index contributed by atoms with van der Waals surface area (Å²) < 4.78 is 1.82. The number of rotatable bonds is 0. The molecule has 1 aromatic heterocycles. The normalized spacial score (nSPS) is 16.4. The van der Waals surface area contributed by atoms with E-state index < -0.39 is 0 Å². The number of aromatic nitrogens is 1. The molecule has 0 bridgehead atoms. The highest BCUT2D eigenvalue weighted by molar-refractivity contribution is 5.54. The molecule has 1 aromatic rings. The summed E-state index contributed by atoms with van der Waals surface area (Å²) in [7, 11) is 0. The molecule has 0 fully saturated rings. The van der Waals surface area contributed by atoms with Crippen molar-refractivity contribution >= 4 is 5.69 Å². The van der Waals surface area contributed by atoms with Gasteiger partial charge in [0, 0.05) is 23.8 Å². The maximum atomic E-state index is 12.8. The average molecular weight is 263 g/mol. The molecule has 19 heavy (non-hydrogen) atoms. The first kappa shape index (κ1) is 14.1. The summed E-state index contributed by atoms with van der Waals surface area (Å²) in [5.74, 6) is 0. The predicted molar refractivity (Wildman–Crippen MR) is 79.6 cm³/mol. The molecule has 106 valence electrons. The molecule has 1 aliphatic heterocycles. The molecule has 0 radical (unpaired) electrons. The highest BCUT2D eigenvalue weighted by Gasteiger charge is 2.30. The monoisotopic (exact) mass is 263 g/mol. The molecule has 0 unspecified atom stereocenters. The van der Waals surface area contributed by atoms with Crippen LogP contribution >= 0.6 is 0 Å². The molecule has 4 heteroatoms. The van der Waals surface area contributed by atoms with Crippen LogP contribution in [-0.2, 0) is 12.0 Å². The Balaban J connectivity index is 2.65. The summed E-state index contributed by atoms with van der Waals surface area (Å²) in [6.45, 7) is 13.4. The topological polar surface area (TPSA) is 37.3 Å². The van der Waals surface area contributed by atoms with Gasteiger partial charge in [-0.25, -0.2) is 5.43 Å². The van der Waals surface area contributed by atoms with Crippen molar-refractivity contribution < 1.29 is 0 Å². The van der Waals surface area contributed by atoms with Gasteiger partial charge in [-0.05, 0) is 59.6 Å². The van der Waals surface area contributed by atoms with Crippen molar-refractivity contribution in [3.05, 3.63) is 28.2 Å². The number of pyridine rings is 1. The van der Waals surface area contributed by atoms with Crippen LogP contribution in [0.2, 0.25) is 0 Å². The number of hydrogen-bond acceptors (Lipinski definition) is 3. The molecule has 0 saturated carbocycles. The zero-order chi connectivity index (χ0) is 14.4. The molecule has 1 N–H and O–H groups in total. The number of nitrogens with one attached hydrogen (secondary N) is 1. The Morgan fingerprint density at radius 2 is 1.74 bits per heavy atom. The maximum Gasteiger partial charge on any atom is 0.276 e. The predicted octanol–water partition coefficient (Wildman–Crippen LogP) is 2.27. The van der Waals surface area contributed by atoms with Crippen LogP contribution in [0, 0.1) is 0 Å². The van der Waals surface area contributed by atoms with Gasteiger partial charge in [-0.1, -0.05) is 0 Å². The molecular weight excluding hydrogens is 238 g/mol. The van der Waals surface area contributed by atoms with E-state index in [-0.39, 0.29) is 16.6 Å². The molecule has 0 aliphatic carbocycles. The quantitative estimate of drug-likeness (QED) is 0.780. The van der Waals surface area contributed by atoms with E-state index in [1.54, 1.807) is 0 Å². The van der Waals surface area contributed by atoms with Crippen molar-refractivity contribution in [2.75, 3.05) is 11.6 Å². The third-order valence-corrected chi connectivity index (χ3v) is 3.43. The first-order valence-corrected chi connectivity index (χ1v) is 6.91. The minimum Gasteiger partial charge on any atom is -0.308 e. The highest BCUT2D eigenvalue weighted by atomic mass is 16.1. The summed E-state index contributed by atoms with van der Waals surface area (Å²) in [6, 6.07) is 2.08. The summed E-state index contributed by atoms with van der Waals surface area (Å²) in [6.07, 6.45) is 2.83. The Morgan fingerprint density at radius 3 is 2.26 bits per heavy atom. The van der Waals surface area contributed by atoms with Crippen molar-refractivity contribution in [3.8, 4) is 0 Å². The molecule has 0 saturated heterocycles. The third kappa shape index (κ3) is 2.54. The second kappa shape index (κ2) is 4.37. The summed E-state index contributed by atoms with van der Waals surface area (Å²) in [5.41, 5.74) is 5.06. The summed E-state index contributed by atoms with van der Waals surface area (Å²) >= 11 is 0. The fourth-order valence-electron chi connectivity index (χ4n) is 2.49. The zero-order valence-corrected chi connectivity index (χ0v) is 12.9. The van der Waals surface area contributed by atoms with Crippen molar-refractivity contribution in [2.45, 2.75) is 59.0 Å². The van der Waals surface area contributed by atoms with E-state index >= 15 is 0 Å². The van der Waals surface area contributed by atoms with E-state index in [1.165, 1.54) is 0 Å². The maximum absolute atomic E-state index is 12.8. The molecule has 2 rings (SSSR count). The lowest BCUT2D eigenvalue weighted by Crippen LogP contribution is -2.57. The molecule has 0 spiro atoms. The van der Waals surface area contributed by atoms with Crippen molar-refractivity contribution in [1.82, 2.24) is 9.99 Å². The fourth-order valence-corrected chi connectivity index (χ4v) is 2.49. The number of anilines is 1. The number of nitrogens with zero attached hydrogens (tertiary/aromatic N) is 2. The van der Waals surface area contributed by atoms with Gasteiger partial charge in [-0.15, -0.1) is 0 Å². The van der Waals surface area contributed by atoms with Crippen LogP contribution in [0.4, 0.5) is 5.69 Å². The van der Waals surface area contributed by atoms with Gasteiger partial charge in [0.25, 0.3) is 5.56 Å². The van der Waals surface area contributed by atoms with Crippen molar-refractivity contribution in [2.24, 2.45) is 0 Å². The Kier molecular flexibility index (Phi) is 3.25. The molecule has 2 heterocycles. The van der Waals surface area contributed by atoms with E-state index in [4.69, 9.17) is 0 Å². The molecule has 0 atom stereocenters. The molecule has 1 aliphatic rings. The smallest absolute Gasteiger partial charge is 0.276 e. The standard InChI is InChI=1S/C15H25N3O/c1-14(2,3)17-10-8-11-7-9-16-18(15(4,5)6)12(11)13(17)19/h8,10,16H,7,9H2,1-6H3. The van der Waals surface area contributed by atoms with Crippen LogP contribution in [0.5, 0.6) is 0 Å². The van der Waals surface area contributed by atoms with Gasteiger partial charge in [0.15, 0.2) is 0 Å². The summed E-state index contributed by atoms with van der Waals surface area (Å²) in [5, 5.41) is 2.02. The van der Waals surface area contributed by atoms with Crippen LogP contribution < -0.4 is 16.0 Å². The Labute approximate surface area is 115 Å². The van der Waals surface area contributed by atoms with Crippen LogP contribution in [0.25, 0.3) is 0 Å². The van der Waals surface area contributed by atoms with Crippen LogP contribution in [0.15, 0.2) is 17.1 Å². The van der Waals surface area contributed by atoms with Crippen LogP contribution in [-0.4, -0.2) is 16.7 Å². The molecular formula is C15H25N3O.